The maximum atomic E-state index is 12.6. The summed E-state index contributed by atoms with van der Waals surface area (Å²) in [6.07, 6.45) is 0. The lowest BCUT2D eigenvalue weighted by Crippen LogP contribution is -2.43. The Morgan fingerprint density at radius 2 is 1.81 bits per heavy atom. The molecule has 5 heteroatoms. The zero-order valence-corrected chi connectivity index (χ0v) is 12.6. The zero-order valence-electron chi connectivity index (χ0n) is 11.9. The number of halogens is 1. The van der Waals surface area contributed by atoms with Crippen molar-refractivity contribution in [1.29, 1.82) is 0 Å². The van der Waals surface area contributed by atoms with Crippen molar-refractivity contribution >= 4 is 34.2 Å². The van der Waals surface area contributed by atoms with E-state index in [4.69, 9.17) is 11.6 Å². The molecule has 2 aromatic rings. The number of hydrogen-bond acceptors (Lipinski definition) is 3. The van der Waals surface area contributed by atoms with E-state index in [2.05, 4.69) is 0 Å². The van der Waals surface area contributed by atoms with Crippen LogP contribution in [0.5, 0.6) is 0 Å². The molecule has 0 aliphatic carbocycles. The highest BCUT2D eigenvalue weighted by Crippen LogP contribution is 2.32. The van der Waals surface area contributed by atoms with Crippen LogP contribution in [-0.2, 0) is 0 Å². The van der Waals surface area contributed by atoms with Crippen molar-refractivity contribution in [2.45, 2.75) is 0 Å². The van der Waals surface area contributed by atoms with Crippen LogP contribution in [0.25, 0.3) is 10.8 Å². The van der Waals surface area contributed by atoms with Crippen molar-refractivity contribution in [3.05, 3.63) is 46.5 Å². The summed E-state index contributed by atoms with van der Waals surface area (Å²) in [6.45, 7) is 0.996. The Hall–Kier alpha value is -1.91. The first-order chi connectivity index (χ1) is 9.99. The number of imide groups is 1. The lowest BCUT2D eigenvalue weighted by atomic mass is 9.94. The topological polar surface area (TPSA) is 40.6 Å². The summed E-state index contributed by atoms with van der Waals surface area (Å²) in [4.78, 5) is 28.4. The van der Waals surface area contributed by atoms with Gasteiger partial charge in [-0.25, -0.2) is 0 Å². The minimum absolute atomic E-state index is 0.234. The van der Waals surface area contributed by atoms with Crippen molar-refractivity contribution in [3.63, 3.8) is 0 Å². The molecule has 0 atom stereocenters. The van der Waals surface area contributed by atoms with Gasteiger partial charge in [-0.05, 0) is 37.7 Å². The lowest BCUT2D eigenvalue weighted by Gasteiger charge is -2.28. The first-order valence-electron chi connectivity index (χ1n) is 6.72. The van der Waals surface area contributed by atoms with E-state index in [1.807, 2.05) is 31.1 Å². The van der Waals surface area contributed by atoms with Gasteiger partial charge in [-0.15, -0.1) is 0 Å². The molecule has 3 rings (SSSR count). The Morgan fingerprint density at radius 1 is 1.10 bits per heavy atom. The molecule has 1 aliphatic heterocycles. The number of carbonyl (C=O) groups is 2. The molecule has 4 nitrogen and oxygen atoms in total. The van der Waals surface area contributed by atoms with E-state index in [-0.39, 0.29) is 11.8 Å². The fraction of sp³-hybridized carbons (Fsp3) is 0.250. The number of benzene rings is 2. The molecule has 21 heavy (non-hydrogen) atoms. The number of rotatable bonds is 3. The smallest absolute Gasteiger partial charge is 0.261 e. The standard InChI is InChI=1S/C16H15ClN2O2/c1-18(2)6-7-19-15(20)12-5-3-4-10-8-11(17)9-13(14(10)12)16(19)21/h3-5,8-9H,6-7H2,1-2H3. The fourth-order valence-electron chi connectivity index (χ4n) is 2.62. The highest BCUT2D eigenvalue weighted by atomic mass is 35.5. The van der Waals surface area contributed by atoms with Crippen LogP contribution in [0.2, 0.25) is 5.02 Å². The van der Waals surface area contributed by atoms with Gasteiger partial charge in [0, 0.05) is 29.1 Å². The molecule has 2 aromatic carbocycles. The summed E-state index contributed by atoms with van der Waals surface area (Å²) in [5.41, 5.74) is 1.07. The van der Waals surface area contributed by atoms with Crippen molar-refractivity contribution in [2.75, 3.05) is 27.2 Å². The predicted molar refractivity (Wildman–Crippen MR) is 82.9 cm³/mol. The summed E-state index contributed by atoms with van der Waals surface area (Å²) in [5, 5.41) is 2.03. The van der Waals surface area contributed by atoms with Crippen molar-refractivity contribution in [1.82, 2.24) is 9.80 Å². The largest absolute Gasteiger partial charge is 0.308 e. The Morgan fingerprint density at radius 3 is 2.52 bits per heavy atom. The maximum Gasteiger partial charge on any atom is 0.261 e. The van der Waals surface area contributed by atoms with Gasteiger partial charge in [-0.2, -0.15) is 0 Å². The lowest BCUT2D eigenvalue weighted by molar-refractivity contribution is 0.0601. The molecule has 0 unspecified atom stereocenters. The number of amides is 2. The zero-order chi connectivity index (χ0) is 15.1. The summed E-state index contributed by atoms with van der Waals surface area (Å²) in [6, 6.07) is 8.86. The second-order valence-electron chi connectivity index (χ2n) is 5.42. The maximum absolute atomic E-state index is 12.6. The number of hydrogen-bond donors (Lipinski definition) is 0. The molecule has 0 saturated carbocycles. The van der Waals surface area contributed by atoms with Crippen LogP contribution >= 0.6 is 11.6 Å². The quantitative estimate of drug-likeness (QED) is 0.819. The molecule has 1 heterocycles. The Kier molecular flexibility index (Phi) is 3.43. The number of likely N-dealkylation sites (N-methyl/N-ethyl adjacent to an activating group) is 1. The van der Waals surface area contributed by atoms with Crippen LogP contribution in [0.3, 0.4) is 0 Å². The molecule has 0 bridgehead atoms. The van der Waals surface area contributed by atoms with Gasteiger partial charge in [0.05, 0.1) is 5.56 Å². The average molecular weight is 303 g/mol. The van der Waals surface area contributed by atoms with Crippen LogP contribution in [0.15, 0.2) is 30.3 Å². The average Bonchev–Trinajstić information content (AvgIpc) is 2.43. The second kappa shape index (κ2) is 5.13. The van der Waals surface area contributed by atoms with Crippen molar-refractivity contribution < 1.29 is 9.59 Å². The molecule has 0 aromatic heterocycles. The Bertz CT molecular complexity index is 755. The van der Waals surface area contributed by atoms with Gasteiger partial charge in [0.15, 0.2) is 0 Å². The van der Waals surface area contributed by atoms with Crippen LogP contribution in [-0.4, -0.2) is 48.8 Å². The van der Waals surface area contributed by atoms with E-state index in [9.17, 15) is 9.59 Å². The van der Waals surface area contributed by atoms with Crippen molar-refractivity contribution in [2.24, 2.45) is 0 Å². The second-order valence-corrected chi connectivity index (χ2v) is 5.86. The minimum Gasteiger partial charge on any atom is -0.308 e. The SMILES string of the molecule is CN(C)CCN1C(=O)c2cccc3cc(Cl)cc(c23)C1=O. The number of carbonyl (C=O) groups excluding carboxylic acids is 2. The molecule has 0 fully saturated rings. The number of nitrogens with zero attached hydrogens (tertiary/aromatic N) is 2. The van der Waals surface area contributed by atoms with E-state index in [1.54, 1.807) is 18.2 Å². The molecule has 108 valence electrons. The van der Waals surface area contributed by atoms with Gasteiger partial charge >= 0.3 is 0 Å². The Labute approximate surface area is 127 Å². The summed E-state index contributed by atoms with van der Waals surface area (Å²) in [5.74, 6) is -0.504. The first-order valence-corrected chi connectivity index (χ1v) is 7.10. The summed E-state index contributed by atoms with van der Waals surface area (Å²) < 4.78 is 0. The van der Waals surface area contributed by atoms with Crippen LogP contribution in [0.4, 0.5) is 0 Å². The van der Waals surface area contributed by atoms with Gasteiger partial charge in [0.2, 0.25) is 0 Å². The third kappa shape index (κ3) is 2.30. The van der Waals surface area contributed by atoms with Crippen LogP contribution in [0, 0.1) is 0 Å². The first kappa shape index (κ1) is 14.0. The monoisotopic (exact) mass is 302 g/mol. The van der Waals surface area contributed by atoms with Gasteiger partial charge < -0.3 is 4.90 Å². The minimum atomic E-state index is -0.270. The van der Waals surface area contributed by atoms with Crippen LogP contribution < -0.4 is 0 Å². The van der Waals surface area contributed by atoms with E-state index in [0.29, 0.717) is 34.6 Å². The molecule has 0 spiro atoms. The van der Waals surface area contributed by atoms with E-state index in [0.717, 1.165) is 5.39 Å². The van der Waals surface area contributed by atoms with Gasteiger partial charge in [0.1, 0.15) is 0 Å². The highest BCUT2D eigenvalue weighted by molar-refractivity contribution is 6.33. The van der Waals surface area contributed by atoms with Crippen LogP contribution in [0.1, 0.15) is 20.7 Å². The van der Waals surface area contributed by atoms with Crippen molar-refractivity contribution in [3.8, 4) is 0 Å². The third-order valence-corrected chi connectivity index (χ3v) is 3.88. The van der Waals surface area contributed by atoms with Gasteiger partial charge in [0.25, 0.3) is 11.8 Å². The molecule has 0 N–H and O–H groups in total. The Balaban J connectivity index is 2.15. The molecular formula is C16H15ClN2O2. The summed E-state index contributed by atoms with van der Waals surface area (Å²) >= 11 is 6.09. The van der Waals surface area contributed by atoms with Gasteiger partial charge in [-0.1, -0.05) is 23.7 Å². The molecular weight excluding hydrogens is 288 g/mol. The molecule has 2 amide bonds. The van der Waals surface area contributed by atoms with E-state index < -0.39 is 0 Å². The predicted octanol–water partition coefficient (Wildman–Crippen LogP) is 2.65. The van der Waals surface area contributed by atoms with E-state index >= 15 is 0 Å². The molecule has 0 saturated heterocycles. The summed E-state index contributed by atoms with van der Waals surface area (Å²) in [7, 11) is 3.81. The van der Waals surface area contributed by atoms with Gasteiger partial charge in [-0.3, -0.25) is 14.5 Å². The third-order valence-electron chi connectivity index (χ3n) is 3.66. The molecule has 1 aliphatic rings. The molecule has 0 radical (unpaired) electrons. The highest BCUT2D eigenvalue weighted by Gasteiger charge is 2.32. The van der Waals surface area contributed by atoms with E-state index in [1.165, 1.54) is 4.90 Å². The normalized spacial score (nSPS) is 14.4. The fourth-order valence-corrected chi connectivity index (χ4v) is 2.85.